The molecule has 1 amide bonds. The maximum Gasteiger partial charge on any atom is 0.241 e. The van der Waals surface area contributed by atoms with Crippen molar-refractivity contribution in [1.82, 2.24) is 14.7 Å². The number of likely N-dealkylation sites (N-methyl/N-ethyl adjacent to an activating group) is 1. The molecule has 0 unspecified atom stereocenters. The van der Waals surface area contributed by atoms with Gasteiger partial charge in [-0.25, -0.2) is 0 Å². The Morgan fingerprint density at radius 3 is 2.86 bits per heavy atom. The minimum absolute atomic E-state index is 0.146. The molecule has 0 saturated heterocycles. The molecule has 0 bridgehead atoms. The molecule has 3 N–H and O–H groups in total. The van der Waals surface area contributed by atoms with Crippen LogP contribution >= 0.6 is 11.8 Å². The Morgan fingerprint density at radius 2 is 2.24 bits per heavy atom. The van der Waals surface area contributed by atoms with Crippen LogP contribution in [0.15, 0.2) is 12.4 Å². The largest absolute Gasteiger partial charge is 0.322 e. The van der Waals surface area contributed by atoms with Crippen LogP contribution in [0, 0.1) is 0 Å². The van der Waals surface area contributed by atoms with Gasteiger partial charge in [-0.15, -0.1) is 0 Å². The smallest absolute Gasteiger partial charge is 0.241 e. The number of aromatic nitrogens is 2. The van der Waals surface area contributed by atoms with Gasteiger partial charge in [0.2, 0.25) is 5.91 Å². The Labute approximate surface area is 131 Å². The molecule has 1 rings (SSSR count). The number of thioether (sulfide) groups is 1. The third-order valence-electron chi connectivity index (χ3n) is 3.41. The summed E-state index contributed by atoms with van der Waals surface area (Å²) in [6.45, 7) is 8.13. The number of rotatable bonds is 10. The minimum atomic E-state index is -0.462. The fraction of sp³-hybridized carbons (Fsp3) is 0.714. The summed E-state index contributed by atoms with van der Waals surface area (Å²) in [7, 11) is 0. The van der Waals surface area contributed by atoms with E-state index in [2.05, 4.69) is 29.2 Å². The molecule has 0 saturated carbocycles. The summed E-state index contributed by atoms with van der Waals surface area (Å²) in [6, 6.07) is -0.462. The van der Waals surface area contributed by atoms with Gasteiger partial charge in [0.25, 0.3) is 0 Å². The van der Waals surface area contributed by atoms with Crippen LogP contribution < -0.4 is 11.1 Å². The van der Waals surface area contributed by atoms with Gasteiger partial charge in [-0.1, -0.05) is 13.8 Å². The van der Waals surface area contributed by atoms with Gasteiger partial charge in [-0.05, 0) is 31.5 Å². The lowest BCUT2D eigenvalue weighted by Crippen LogP contribution is -2.36. The zero-order chi connectivity index (χ0) is 15.7. The molecule has 0 radical (unpaired) electrons. The van der Waals surface area contributed by atoms with Gasteiger partial charge in [-0.3, -0.25) is 9.48 Å². The fourth-order valence-electron chi connectivity index (χ4n) is 1.94. The zero-order valence-corrected chi connectivity index (χ0v) is 14.0. The van der Waals surface area contributed by atoms with Crippen LogP contribution in [0.2, 0.25) is 0 Å². The quantitative estimate of drug-likeness (QED) is 0.680. The van der Waals surface area contributed by atoms with Crippen molar-refractivity contribution in [3.63, 3.8) is 0 Å². The van der Waals surface area contributed by atoms with Crippen LogP contribution in [-0.2, 0) is 11.3 Å². The molecular weight excluding hydrogens is 286 g/mol. The first-order valence-electron chi connectivity index (χ1n) is 7.40. The highest BCUT2D eigenvalue weighted by Crippen LogP contribution is 2.07. The molecule has 0 spiro atoms. The van der Waals surface area contributed by atoms with Crippen molar-refractivity contribution in [2.24, 2.45) is 5.73 Å². The van der Waals surface area contributed by atoms with Gasteiger partial charge in [0.1, 0.15) is 0 Å². The molecule has 1 heterocycles. The van der Waals surface area contributed by atoms with E-state index >= 15 is 0 Å². The maximum absolute atomic E-state index is 11.9. The predicted octanol–water partition coefficient (Wildman–Crippen LogP) is 1.24. The second-order valence-electron chi connectivity index (χ2n) is 4.90. The highest BCUT2D eigenvalue weighted by Gasteiger charge is 2.13. The van der Waals surface area contributed by atoms with Crippen molar-refractivity contribution in [3.8, 4) is 0 Å². The van der Waals surface area contributed by atoms with Gasteiger partial charge in [0.15, 0.2) is 0 Å². The zero-order valence-electron chi connectivity index (χ0n) is 13.2. The van der Waals surface area contributed by atoms with E-state index in [0.29, 0.717) is 12.1 Å². The standard InChI is InChI=1S/C14H27N5OS/c1-4-18(5-2)7-8-19-11-12(10-16-19)17-14(20)13(15)6-9-21-3/h10-11,13H,4-9,15H2,1-3H3,(H,17,20)/t13-/m1/s1. The van der Waals surface area contributed by atoms with E-state index in [-0.39, 0.29) is 5.91 Å². The molecule has 1 atom stereocenters. The maximum atomic E-state index is 11.9. The molecule has 1 aromatic rings. The van der Waals surface area contributed by atoms with Crippen molar-refractivity contribution >= 4 is 23.4 Å². The van der Waals surface area contributed by atoms with Crippen LogP contribution in [0.3, 0.4) is 0 Å². The average molecular weight is 313 g/mol. The molecular formula is C14H27N5OS. The molecule has 21 heavy (non-hydrogen) atoms. The van der Waals surface area contributed by atoms with Gasteiger partial charge in [0.05, 0.1) is 24.5 Å². The topological polar surface area (TPSA) is 76.2 Å². The molecule has 0 fully saturated rings. The Morgan fingerprint density at radius 1 is 1.52 bits per heavy atom. The Hall–Kier alpha value is -1.05. The summed E-state index contributed by atoms with van der Waals surface area (Å²) >= 11 is 1.69. The number of carbonyl (C=O) groups excluding carboxylic acids is 1. The van der Waals surface area contributed by atoms with Crippen molar-refractivity contribution in [3.05, 3.63) is 12.4 Å². The molecule has 120 valence electrons. The highest BCUT2D eigenvalue weighted by molar-refractivity contribution is 7.98. The number of nitrogens with zero attached hydrogens (tertiary/aromatic N) is 3. The lowest BCUT2D eigenvalue weighted by molar-refractivity contribution is -0.117. The number of nitrogens with two attached hydrogens (primary N) is 1. The Bertz CT molecular complexity index is 419. The normalized spacial score (nSPS) is 12.6. The number of hydrogen-bond donors (Lipinski definition) is 2. The molecule has 0 aliphatic rings. The van der Waals surface area contributed by atoms with E-state index in [4.69, 9.17) is 5.73 Å². The van der Waals surface area contributed by atoms with E-state index < -0.39 is 6.04 Å². The van der Waals surface area contributed by atoms with E-state index in [1.807, 2.05) is 17.1 Å². The van der Waals surface area contributed by atoms with E-state index in [1.165, 1.54) is 0 Å². The third kappa shape index (κ3) is 6.50. The van der Waals surface area contributed by atoms with Crippen LogP contribution in [0.5, 0.6) is 0 Å². The number of amides is 1. The number of carbonyl (C=O) groups is 1. The SMILES string of the molecule is CCN(CC)CCn1cc(NC(=O)[C@H](N)CCSC)cn1. The first kappa shape index (κ1) is 18.0. The van der Waals surface area contributed by atoms with Gasteiger partial charge < -0.3 is 16.0 Å². The summed E-state index contributed by atoms with van der Waals surface area (Å²) in [4.78, 5) is 14.2. The summed E-state index contributed by atoms with van der Waals surface area (Å²) in [5.41, 5.74) is 6.54. The summed E-state index contributed by atoms with van der Waals surface area (Å²) in [6.07, 6.45) is 6.21. The molecule has 7 heteroatoms. The van der Waals surface area contributed by atoms with Crippen molar-refractivity contribution in [2.45, 2.75) is 32.9 Å². The number of hydrogen-bond acceptors (Lipinski definition) is 5. The lowest BCUT2D eigenvalue weighted by Gasteiger charge is -2.17. The summed E-state index contributed by atoms with van der Waals surface area (Å²) < 4.78 is 1.85. The number of anilines is 1. The van der Waals surface area contributed by atoms with Gasteiger partial charge >= 0.3 is 0 Å². The highest BCUT2D eigenvalue weighted by atomic mass is 32.2. The first-order chi connectivity index (χ1) is 10.1. The average Bonchev–Trinajstić information content (AvgIpc) is 2.93. The monoisotopic (exact) mass is 313 g/mol. The predicted molar refractivity (Wildman–Crippen MR) is 89.6 cm³/mol. The first-order valence-corrected chi connectivity index (χ1v) is 8.80. The van der Waals surface area contributed by atoms with Gasteiger partial charge in [-0.2, -0.15) is 16.9 Å². The second-order valence-corrected chi connectivity index (χ2v) is 5.88. The Balaban J connectivity index is 2.42. The van der Waals surface area contributed by atoms with E-state index in [1.54, 1.807) is 18.0 Å². The summed E-state index contributed by atoms with van der Waals surface area (Å²) in [5, 5.41) is 7.08. The number of nitrogens with one attached hydrogen (secondary N) is 1. The third-order valence-corrected chi connectivity index (χ3v) is 4.05. The fourth-order valence-corrected chi connectivity index (χ4v) is 2.43. The van der Waals surface area contributed by atoms with Crippen LogP contribution in [-0.4, -0.2) is 58.3 Å². The molecule has 0 aliphatic heterocycles. The molecule has 1 aromatic heterocycles. The van der Waals surface area contributed by atoms with Crippen molar-refractivity contribution in [2.75, 3.05) is 37.0 Å². The summed E-state index contributed by atoms with van der Waals surface area (Å²) in [5.74, 6) is 0.741. The van der Waals surface area contributed by atoms with Crippen molar-refractivity contribution < 1.29 is 4.79 Å². The van der Waals surface area contributed by atoms with Gasteiger partial charge in [0, 0.05) is 12.7 Å². The second kappa shape index (κ2) is 9.81. The molecule has 0 aromatic carbocycles. The van der Waals surface area contributed by atoms with Crippen LogP contribution in [0.25, 0.3) is 0 Å². The molecule has 0 aliphatic carbocycles. The van der Waals surface area contributed by atoms with E-state index in [9.17, 15) is 4.79 Å². The van der Waals surface area contributed by atoms with E-state index in [0.717, 1.165) is 31.9 Å². The van der Waals surface area contributed by atoms with Crippen LogP contribution in [0.1, 0.15) is 20.3 Å². The molecule has 6 nitrogen and oxygen atoms in total. The Kier molecular flexibility index (Phi) is 8.41. The lowest BCUT2D eigenvalue weighted by atomic mass is 10.2. The van der Waals surface area contributed by atoms with Crippen molar-refractivity contribution in [1.29, 1.82) is 0 Å². The van der Waals surface area contributed by atoms with Crippen LogP contribution in [0.4, 0.5) is 5.69 Å². The minimum Gasteiger partial charge on any atom is -0.322 e.